The van der Waals surface area contributed by atoms with Gasteiger partial charge in [-0.25, -0.2) is 0 Å². The van der Waals surface area contributed by atoms with Crippen LogP contribution in [0.25, 0.3) is 0 Å². The van der Waals surface area contributed by atoms with Gasteiger partial charge in [-0.15, -0.1) is 0 Å². The van der Waals surface area contributed by atoms with Crippen molar-refractivity contribution in [2.45, 2.75) is 50.4 Å². The summed E-state index contributed by atoms with van der Waals surface area (Å²) in [5.41, 5.74) is 2.75. The van der Waals surface area contributed by atoms with E-state index in [1.807, 2.05) is 0 Å². The van der Waals surface area contributed by atoms with Crippen LogP contribution in [0.2, 0.25) is 0 Å². The van der Waals surface area contributed by atoms with E-state index in [0.717, 1.165) is 38.8 Å². The summed E-state index contributed by atoms with van der Waals surface area (Å²) in [5, 5.41) is 10.2. The number of aliphatic hydroxyl groups is 1. The first-order valence-corrected chi connectivity index (χ1v) is 7.83. The molecule has 1 aliphatic carbocycles. The average Bonchev–Trinajstić information content (AvgIpc) is 2.48. The summed E-state index contributed by atoms with van der Waals surface area (Å²) in [4.78, 5) is 2.30. The Morgan fingerprint density at radius 3 is 2.90 bits per heavy atom. The zero-order valence-corrected chi connectivity index (χ0v) is 12.3. The molecule has 1 N–H and O–H groups in total. The Hall–Kier alpha value is -0.900. The maximum absolute atomic E-state index is 10.2. The highest BCUT2D eigenvalue weighted by atomic mass is 16.5. The van der Waals surface area contributed by atoms with Gasteiger partial charge in [0.05, 0.1) is 18.8 Å². The van der Waals surface area contributed by atoms with E-state index in [0.29, 0.717) is 6.04 Å². The SMILES string of the molecule is CN(CC1OCCc2ccccc21)C1CCCCC1O. The molecule has 0 spiro atoms. The van der Waals surface area contributed by atoms with Crippen molar-refractivity contribution < 1.29 is 9.84 Å². The first-order chi connectivity index (χ1) is 9.75. The van der Waals surface area contributed by atoms with Gasteiger partial charge in [0.15, 0.2) is 0 Å². The number of nitrogens with zero attached hydrogens (tertiary/aromatic N) is 1. The van der Waals surface area contributed by atoms with Gasteiger partial charge in [-0.3, -0.25) is 4.90 Å². The highest BCUT2D eigenvalue weighted by Crippen LogP contribution is 2.30. The minimum Gasteiger partial charge on any atom is -0.391 e. The van der Waals surface area contributed by atoms with Crippen molar-refractivity contribution in [3.8, 4) is 0 Å². The van der Waals surface area contributed by atoms with Crippen molar-refractivity contribution in [2.75, 3.05) is 20.2 Å². The quantitative estimate of drug-likeness (QED) is 0.920. The van der Waals surface area contributed by atoms with Gasteiger partial charge in [0.1, 0.15) is 0 Å². The van der Waals surface area contributed by atoms with Crippen molar-refractivity contribution in [1.29, 1.82) is 0 Å². The smallest absolute Gasteiger partial charge is 0.0954 e. The molecule has 3 rings (SSSR count). The van der Waals surface area contributed by atoms with Gasteiger partial charge >= 0.3 is 0 Å². The topological polar surface area (TPSA) is 32.7 Å². The number of ether oxygens (including phenoxy) is 1. The normalized spacial score (nSPS) is 30.2. The van der Waals surface area contributed by atoms with Gasteiger partial charge in [-0.1, -0.05) is 37.1 Å². The van der Waals surface area contributed by atoms with Crippen molar-refractivity contribution in [3.63, 3.8) is 0 Å². The van der Waals surface area contributed by atoms with Crippen molar-refractivity contribution in [2.24, 2.45) is 0 Å². The lowest BCUT2D eigenvalue weighted by atomic mass is 9.90. The maximum Gasteiger partial charge on any atom is 0.0954 e. The van der Waals surface area contributed by atoms with E-state index in [2.05, 4.69) is 36.2 Å². The fourth-order valence-corrected chi connectivity index (χ4v) is 3.63. The van der Waals surface area contributed by atoms with Crippen LogP contribution in [0.4, 0.5) is 0 Å². The van der Waals surface area contributed by atoms with E-state index in [1.165, 1.54) is 17.5 Å². The molecule has 0 aromatic heterocycles. The monoisotopic (exact) mass is 275 g/mol. The molecule has 3 heteroatoms. The lowest BCUT2D eigenvalue weighted by molar-refractivity contribution is -0.0193. The minimum absolute atomic E-state index is 0.152. The zero-order valence-electron chi connectivity index (χ0n) is 12.3. The lowest BCUT2D eigenvalue weighted by Crippen LogP contribution is -2.45. The Bertz CT molecular complexity index is 448. The van der Waals surface area contributed by atoms with Crippen LogP contribution in [-0.4, -0.2) is 42.4 Å². The molecule has 1 aliphatic heterocycles. The Morgan fingerprint density at radius 1 is 1.25 bits per heavy atom. The third kappa shape index (κ3) is 2.90. The molecule has 0 amide bonds. The molecule has 1 aromatic carbocycles. The van der Waals surface area contributed by atoms with E-state index >= 15 is 0 Å². The number of hydrogen-bond acceptors (Lipinski definition) is 3. The Morgan fingerprint density at radius 2 is 2.05 bits per heavy atom. The summed E-state index contributed by atoms with van der Waals surface area (Å²) in [6.07, 6.45) is 5.43. The third-order valence-corrected chi connectivity index (χ3v) is 4.81. The molecule has 0 radical (unpaired) electrons. The Labute approximate surface area is 121 Å². The number of rotatable bonds is 3. The minimum atomic E-state index is -0.174. The number of benzene rings is 1. The third-order valence-electron chi connectivity index (χ3n) is 4.81. The molecule has 1 heterocycles. The largest absolute Gasteiger partial charge is 0.391 e. The molecule has 2 aliphatic rings. The molecule has 1 aromatic rings. The van der Waals surface area contributed by atoms with Crippen LogP contribution in [0.5, 0.6) is 0 Å². The first kappa shape index (κ1) is 14.1. The summed E-state index contributed by atoms with van der Waals surface area (Å²) in [6.45, 7) is 1.68. The lowest BCUT2D eigenvalue weighted by Gasteiger charge is -2.38. The number of aliphatic hydroxyl groups excluding tert-OH is 1. The van der Waals surface area contributed by atoms with E-state index in [-0.39, 0.29) is 12.2 Å². The van der Waals surface area contributed by atoms with Gasteiger partial charge in [0.2, 0.25) is 0 Å². The predicted octanol–water partition coefficient (Wildman–Crippen LogP) is 2.54. The summed E-state index contributed by atoms with van der Waals surface area (Å²) in [7, 11) is 2.12. The number of likely N-dealkylation sites (N-methyl/N-ethyl adjacent to an activating group) is 1. The fourth-order valence-electron chi connectivity index (χ4n) is 3.63. The summed E-state index contributed by atoms with van der Waals surface area (Å²) >= 11 is 0. The predicted molar refractivity (Wildman–Crippen MR) is 79.7 cm³/mol. The van der Waals surface area contributed by atoms with Gasteiger partial charge in [0, 0.05) is 12.6 Å². The van der Waals surface area contributed by atoms with Crippen molar-refractivity contribution in [3.05, 3.63) is 35.4 Å². The molecule has 3 atom stereocenters. The zero-order chi connectivity index (χ0) is 13.9. The second kappa shape index (κ2) is 6.25. The number of hydrogen-bond donors (Lipinski definition) is 1. The summed E-state index contributed by atoms with van der Waals surface area (Å²) in [6, 6.07) is 8.89. The van der Waals surface area contributed by atoms with Crippen molar-refractivity contribution >= 4 is 0 Å². The van der Waals surface area contributed by atoms with Crippen LogP contribution in [0.3, 0.4) is 0 Å². The van der Waals surface area contributed by atoms with Crippen LogP contribution in [0, 0.1) is 0 Å². The van der Waals surface area contributed by atoms with Crippen LogP contribution >= 0.6 is 0 Å². The second-order valence-corrected chi connectivity index (χ2v) is 6.17. The van der Waals surface area contributed by atoms with E-state index in [4.69, 9.17) is 4.74 Å². The van der Waals surface area contributed by atoms with Gasteiger partial charge in [0.25, 0.3) is 0 Å². The molecular formula is C17H25NO2. The Balaban J connectivity index is 1.69. The van der Waals surface area contributed by atoms with Crippen LogP contribution in [0.15, 0.2) is 24.3 Å². The van der Waals surface area contributed by atoms with Gasteiger partial charge in [-0.05, 0) is 37.4 Å². The summed E-state index contributed by atoms with van der Waals surface area (Å²) < 4.78 is 5.98. The highest BCUT2D eigenvalue weighted by molar-refractivity contribution is 5.31. The van der Waals surface area contributed by atoms with Gasteiger partial charge in [-0.2, -0.15) is 0 Å². The van der Waals surface area contributed by atoms with Gasteiger partial charge < -0.3 is 9.84 Å². The second-order valence-electron chi connectivity index (χ2n) is 6.17. The fraction of sp³-hybridized carbons (Fsp3) is 0.647. The van der Waals surface area contributed by atoms with Crippen LogP contribution in [0.1, 0.15) is 42.9 Å². The van der Waals surface area contributed by atoms with E-state index in [9.17, 15) is 5.11 Å². The molecule has 20 heavy (non-hydrogen) atoms. The van der Waals surface area contributed by atoms with Crippen LogP contribution < -0.4 is 0 Å². The molecular weight excluding hydrogens is 250 g/mol. The summed E-state index contributed by atoms with van der Waals surface area (Å²) in [5.74, 6) is 0. The molecule has 1 saturated carbocycles. The molecule has 110 valence electrons. The van der Waals surface area contributed by atoms with Crippen molar-refractivity contribution in [1.82, 2.24) is 4.90 Å². The Kier molecular flexibility index (Phi) is 4.39. The standard InChI is InChI=1S/C17H25NO2/c1-18(15-8-4-5-9-16(15)19)12-17-14-7-3-2-6-13(14)10-11-20-17/h2-3,6-7,15-17,19H,4-5,8-12H2,1H3. The molecule has 3 unspecified atom stereocenters. The van der Waals surface area contributed by atoms with E-state index in [1.54, 1.807) is 0 Å². The maximum atomic E-state index is 10.2. The highest BCUT2D eigenvalue weighted by Gasteiger charge is 2.29. The first-order valence-electron chi connectivity index (χ1n) is 7.83. The molecule has 1 fully saturated rings. The molecule has 3 nitrogen and oxygen atoms in total. The average molecular weight is 275 g/mol. The van der Waals surface area contributed by atoms with Crippen LogP contribution in [-0.2, 0) is 11.2 Å². The molecule has 0 bridgehead atoms. The molecule has 0 saturated heterocycles. The van der Waals surface area contributed by atoms with E-state index < -0.39 is 0 Å². The number of fused-ring (bicyclic) bond motifs is 1.